The van der Waals surface area contributed by atoms with Crippen molar-refractivity contribution in [1.29, 1.82) is 0 Å². The Morgan fingerprint density at radius 1 is 1.18 bits per heavy atom. The van der Waals surface area contributed by atoms with Crippen molar-refractivity contribution in [1.82, 2.24) is 29.9 Å². The first-order valence-corrected chi connectivity index (χ1v) is 10.8. The zero-order chi connectivity index (χ0) is 24.5. The van der Waals surface area contributed by atoms with Crippen LogP contribution in [0.25, 0.3) is 5.69 Å². The van der Waals surface area contributed by atoms with Gasteiger partial charge in [0, 0.05) is 31.0 Å². The number of piperidine rings is 1. The van der Waals surface area contributed by atoms with E-state index in [1.807, 2.05) is 6.92 Å². The summed E-state index contributed by atoms with van der Waals surface area (Å²) in [6, 6.07) is 2.38. The van der Waals surface area contributed by atoms with Gasteiger partial charge in [-0.05, 0) is 37.8 Å². The smallest absolute Gasteiger partial charge is 0.352 e. The Labute approximate surface area is 193 Å². The lowest BCUT2D eigenvalue weighted by Gasteiger charge is -2.40. The van der Waals surface area contributed by atoms with E-state index < -0.39 is 17.6 Å². The summed E-state index contributed by atoms with van der Waals surface area (Å²) in [5, 5.41) is 11.1. The van der Waals surface area contributed by atoms with E-state index in [1.54, 1.807) is 11.8 Å². The molecule has 8 nitrogen and oxygen atoms in total. The van der Waals surface area contributed by atoms with E-state index in [0.717, 1.165) is 12.8 Å². The molecule has 1 aliphatic rings. The van der Waals surface area contributed by atoms with Crippen LogP contribution in [0.3, 0.4) is 0 Å². The second kappa shape index (κ2) is 9.35. The van der Waals surface area contributed by atoms with Crippen LogP contribution in [0.4, 0.5) is 23.5 Å². The molecule has 2 atom stereocenters. The number of aromatic nitrogens is 5. The average Bonchev–Trinajstić information content (AvgIpc) is 3.33. The number of halogens is 4. The quantitative estimate of drug-likeness (QED) is 0.562. The number of hydrogen-bond acceptors (Lipinski definition) is 6. The molecule has 180 valence electrons. The summed E-state index contributed by atoms with van der Waals surface area (Å²) < 4.78 is 52.6. The van der Waals surface area contributed by atoms with E-state index in [2.05, 4.69) is 25.5 Å². The Balaban J connectivity index is 1.58. The van der Waals surface area contributed by atoms with Crippen LogP contribution >= 0.6 is 0 Å². The van der Waals surface area contributed by atoms with E-state index in [4.69, 9.17) is 0 Å². The molecule has 4 rings (SSSR count). The predicted octanol–water partition coefficient (Wildman–Crippen LogP) is 3.88. The first-order chi connectivity index (χ1) is 16.2. The van der Waals surface area contributed by atoms with Crippen LogP contribution in [0.2, 0.25) is 0 Å². The highest BCUT2D eigenvalue weighted by molar-refractivity contribution is 5.98. The van der Waals surface area contributed by atoms with Crippen molar-refractivity contribution in [2.45, 2.75) is 38.9 Å². The molecule has 0 bridgehead atoms. The third kappa shape index (κ3) is 4.70. The maximum Gasteiger partial charge on any atom is 0.419 e. The SMILES string of the molecule is Cc1c(F)ccc(C(=O)N2CCCC(C)C2CNc2ncc(C(F)(F)F)cn2)c1-n1nccn1. The number of amides is 1. The zero-order valence-electron chi connectivity index (χ0n) is 18.6. The van der Waals surface area contributed by atoms with Gasteiger partial charge in [0.15, 0.2) is 0 Å². The van der Waals surface area contributed by atoms with Crippen molar-refractivity contribution < 1.29 is 22.4 Å². The molecule has 0 saturated carbocycles. The second-order valence-corrected chi connectivity index (χ2v) is 8.25. The minimum atomic E-state index is -4.52. The predicted molar refractivity (Wildman–Crippen MR) is 115 cm³/mol. The second-order valence-electron chi connectivity index (χ2n) is 8.25. The molecule has 1 amide bonds. The maximum absolute atomic E-state index is 14.3. The largest absolute Gasteiger partial charge is 0.419 e. The van der Waals surface area contributed by atoms with Crippen LogP contribution in [0.5, 0.6) is 0 Å². The Hall–Kier alpha value is -3.57. The van der Waals surface area contributed by atoms with Crippen molar-refractivity contribution >= 4 is 11.9 Å². The van der Waals surface area contributed by atoms with Gasteiger partial charge in [0.05, 0.1) is 29.6 Å². The van der Waals surface area contributed by atoms with Crippen LogP contribution in [-0.4, -0.2) is 54.9 Å². The van der Waals surface area contributed by atoms with Gasteiger partial charge in [-0.15, -0.1) is 0 Å². The minimum absolute atomic E-state index is 0.0391. The molecular weight excluding hydrogens is 454 g/mol. The Kier molecular flexibility index (Phi) is 6.49. The number of nitrogens with zero attached hydrogens (tertiary/aromatic N) is 6. The van der Waals surface area contributed by atoms with Gasteiger partial charge < -0.3 is 10.2 Å². The van der Waals surface area contributed by atoms with Crippen LogP contribution in [0.1, 0.15) is 41.3 Å². The van der Waals surface area contributed by atoms with Crippen LogP contribution in [-0.2, 0) is 6.18 Å². The fraction of sp³-hybridized carbons (Fsp3) is 0.409. The number of nitrogens with one attached hydrogen (secondary N) is 1. The Bertz CT molecular complexity index is 1150. The van der Waals surface area contributed by atoms with Gasteiger partial charge in [-0.1, -0.05) is 6.92 Å². The molecule has 1 saturated heterocycles. The average molecular weight is 477 g/mol. The molecule has 0 aliphatic carbocycles. The van der Waals surface area contributed by atoms with Gasteiger partial charge >= 0.3 is 6.18 Å². The summed E-state index contributed by atoms with van der Waals surface area (Å²) >= 11 is 0. The third-order valence-electron chi connectivity index (χ3n) is 6.04. The van der Waals surface area contributed by atoms with Crippen molar-refractivity contribution in [2.75, 3.05) is 18.4 Å². The lowest BCUT2D eigenvalue weighted by molar-refractivity contribution is -0.138. The fourth-order valence-electron chi connectivity index (χ4n) is 4.17. The number of benzene rings is 1. The van der Waals surface area contributed by atoms with Gasteiger partial charge in [0.1, 0.15) is 11.5 Å². The van der Waals surface area contributed by atoms with Crippen molar-refractivity contribution in [3.8, 4) is 5.69 Å². The first kappa shape index (κ1) is 23.6. The van der Waals surface area contributed by atoms with Gasteiger partial charge in [-0.25, -0.2) is 14.4 Å². The molecule has 1 N–H and O–H groups in total. The lowest BCUT2D eigenvalue weighted by Crippen LogP contribution is -2.51. The number of hydrogen-bond donors (Lipinski definition) is 1. The van der Waals surface area contributed by atoms with E-state index >= 15 is 0 Å². The summed E-state index contributed by atoms with van der Waals surface area (Å²) in [6.07, 6.45) is 1.46. The van der Waals surface area contributed by atoms with Gasteiger partial charge in [0.25, 0.3) is 5.91 Å². The molecule has 2 unspecified atom stereocenters. The highest BCUT2D eigenvalue weighted by Crippen LogP contribution is 2.30. The number of rotatable bonds is 5. The monoisotopic (exact) mass is 477 g/mol. The number of carbonyl (C=O) groups is 1. The molecule has 2 aromatic heterocycles. The molecule has 1 aliphatic heterocycles. The lowest BCUT2D eigenvalue weighted by atomic mass is 9.89. The Morgan fingerprint density at radius 3 is 2.50 bits per heavy atom. The van der Waals surface area contributed by atoms with Gasteiger partial charge in [-0.2, -0.15) is 28.2 Å². The molecule has 1 fully saturated rings. The molecule has 3 aromatic rings. The highest BCUT2D eigenvalue weighted by Gasteiger charge is 2.35. The topological polar surface area (TPSA) is 88.8 Å². The van der Waals surface area contributed by atoms with Crippen LogP contribution < -0.4 is 5.32 Å². The molecule has 1 aromatic carbocycles. The maximum atomic E-state index is 14.3. The molecular formula is C22H23F4N7O. The number of carbonyl (C=O) groups excluding carboxylic acids is 1. The molecule has 34 heavy (non-hydrogen) atoms. The Morgan fingerprint density at radius 2 is 1.85 bits per heavy atom. The van der Waals surface area contributed by atoms with E-state index in [9.17, 15) is 22.4 Å². The summed E-state index contributed by atoms with van der Waals surface area (Å²) in [5.41, 5.74) is -0.154. The van der Waals surface area contributed by atoms with Gasteiger partial charge in [-0.3, -0.25) is 4.79 Å². The highest BCUT2D eigenvalue weighted by atomic mass is 19.4. The van der Waals surface area contributed by atoms with E-state index in [0.29, 0.717) is 18.9 Å². The molecule has 0 spiro atoms. The molecule has 3 heterocycles. The zero-order valence-corrected chi connectivity index (χ0v) is 18.6. The molecule has 12 heteroatoms. The first-order valence-electron chi connectivity index (χ1n) is 10.8. The summed E-state index contributed by atoms with van der Waals surface area (Å²) in [6.45, 7) is 4.29. The van der Waals surface area contributed by atoms with Crippen molar-refractivity contribution in [2.24, 2.45) is 5.92 Å². The van der Waals surface area contributed by atoms with Crippen LogP contribution in [0, 0.1) is 18.7 Å². The number of likely N-dealkylation sites (tertiary alicyclic amines) is 1. The standard InChI is InChI=1S/C22H23F4N7O/c1-13-4-3-9-32(18(13)12-29-21-27-10-15(11-28-21)22(24,25)26)20(34)16-5-6-17(23)14(2)19(16)33-30-7-8-31-33/h5-8,10-11,13,18H,3-4,9,12H2,1-2H3,(H,27,28,29). The number of anilines is 1. The summed E-state index contributed by atoms with van der Waals surface area (Å²) in [5.74, 6) is -0.639. The molecule has 0 radical (unpaired) electrons. The number of alkyl halides is 3. The van der Waals surface area contributed by atoms with E-state index in [1.165, 1.54) is 29.3 Å². The van der Waals surface area contributed by atoms with Crippen LogP contribution in [0.15, 0.2) is 36.9 Å². The van der Waals surface area contributed by atoms with Crippen molar-refractivity contribution in [3.63, 3.8) is 0 Å². The van der Waals surface area contributed by atoms with Gasteiger partial charge in [0.2, 0.25) is 5.95 Å². The summed E-state index contributed by atoms with van der Waals surface area (Å²) in [4.78, 5) is 24.1. The minimum Gasteiger partial charge on any atom is -0.352 e. The fourth-order valence-corrected chi connectivity index (χ4v) is 4.17. The normalized spacial score (nSPS) is 18.7. The third-order valence-corrected chi connectivity index (χ3v) is 6.04. The van der Waals surface area contributed by atoms with E-state index in [-0.39, 0.29) is 47.2 Å². The van der Waals surface area contributed by atoms with Crippen molar-refractivity contribution in [3.05, 3.63) is 59.4 Å². The summed E-state index contributed by atoms with van der Waals surface area (Å²) in [7, 11) is 0.